The quantitative estimate of drug-likeness (QED) is 0.256. The fourth-order valence-corrected chi connectivity index (χ4v) is 3.88. The maximum atomic E-state index is 14.3. The summed E-state index contributed by atoms with van der Waals surface area (Å²) in [6, 6.07) is 13.6. The summed E-state index contributed by atoms with van der Waals surface area (Å²) in [5, 5.41) is -0.0299. The monoisotopic (exact) mass is 480 g/mol. The molecule has 0 N–H and O–H groups in total. The minimum absolute atomic E-state index is 0.0299. The highest BCUT2D eigenvalue weighted by atomic mass is 35.5. The number of aromatic nitrogens is 2. The molecule has 1 heterocycles. The van der Waals surface area contributed by atoms with E-state index in [9.17, 15) is 18.0 Å². The highest BCUT2D eigenvalue weighted by molar-refractivity contribution is 6.30. The Kier molecular flexibility index (Phi) is 7.92. The Morgan fingerprint density at radius 3 is 2.18 bits per heavy atom. The Morgan fingerprint density at radius 2 is 1.61 bits per heavy atom. The van der Waals surface area contributed by atoms with E-state index in [2.05, 4.69) is 9.97 Å². The van der Waals surface area contributed by atoms with Gasteiger partial charge in [-0.2, -0.15) is 13.2 Å². The van der Waals surface area contributed by atoms with E-state index in [1.165, 1.54) is 24.3 Å². The maximum Gasteiger partial charge on any atom is 0.432 e. The number of fused-ring (bicyclic) bond motifs is 1. The van der Waals surface area contributed by atoms with Crippen molar-refractivity contribution in [3.63, 3.8) is 0 Å². The molecule has 0 aliphatic carbocycles. The van der Waals surface area contributed by atoms with Gasteiger partial charge in [0.25, 0.3) is 5.60 Å². The van der Waals surface area contributed by atoms with Crippen molar-refractivity contribution in [3.05, 3.63) is 71.0 Å². The van der Waals surface area contributed by atoms with Crippen molar-refractivity contribution in [2.45, 2.75) is 50.5 Å². The number of benzene rings is 2. The number of hydrogen-bond donors (Lipinski definition) is 0. The molecule has 33 heavy (non-hydrogen) atoms. The second-order valence-electron chi connectivity index (χ2n) is 7.53. The lowest BCUT2D eigenvalue weighted by atomic mass is 9.92. The fraction of sp³-hybridized carbons (Fsp3) is 0.375. The number of carbonyl (C=O) groups is 1. The van der Waals surface area contributed by atoms with Crippen LogP contribution in [0, 0.1) is 0 Å². The lowest BCUT2D eigenvalue weighted by Crippen LogP contribution is -2.52. The highest BCUT2D eigenvalue weighted by Gasteiger charge is 2.64. The average molecular weight is 481 g/mol. The van der Waals surface area contributed by atoms with Gasteiger partial charge in [-0.3, -0.25) is 0 Å². The molecule has 1 aromatic heterocycles. The number of esters is 1. The number of rotatable bonds is 9. The summed E-state index contributed by atoms with van der Waals surface area (Å²) in [6.07, 6.45) is -3.72. The molecule has 5 nitrogen and oxygen atoms in total. The lowest BCUT2D eigenvalue weighted by Gasteiger charge is -2.33. The molecule has 0 aliphatic rings. The number of ether oxygens (including phenoxy) is 2. The zero-order valence-electron chi connectivity index (χ0n) is 18.2. The minimum atomic E-state index is -5.08. The van der Waals surface area contributed by atoms with Crippen LogP contribution in [0.25, 0.3) is 11.0 Å². The van der Waals surface area contributed by atoms with Gasteiger partial charge in [-0.25, -0.2) is 14.8 Å². The van der Waals surface area contributed by atoms with Gasteiger partial charge in [-0.05, 0) is 25.0 Å². The molecule has 2 aromatic carbocycles. The largest absolute Gasteiger partial charge is 0.453 e. The molecule has 0 spiro atoms. The van der Waals surface area contributed by atoms with E-state index in [0.29, 0.717) is 17.5 Å². The molecule has 0 aliphatic heterocycles. The second-order valence-corrected chi connectivity index (χ2v) is 7.89. The third-order valence-electron chi connectivity index (χ3n) is 5.35. The van der Waals surface area contributed by atoms with Crippen LogP contribution in [-0.2, 0) is 19.9 Å². The highest BCUT2D eigenvalue weighted by Crippen LogP contribution is 2.44. The van der Waals surface area contributed by atoms with E-state index >= 15 is 0 Å². The van der Waals surface area contributed by atoms with E-state index in [-0.39, 0.29) is 22.8 Å². The molecule has 0 radical (unpaired) electrons. The van der Waals surface area contributed by atoms with Gasteiger partial charge in [0.15, 0.2) is 5.15 Å². The molecule has 3 rings (SSSR count). The number of hydrogen-bond acceptors (Lipinski definition) is 5. The molecule has 0 unspecified atom stereocenters. The van der Waals surface area contributed by atoms with Crippen LogP contribution in [-0.4, -0.2) is 29.2 Å². The third kappa shape index (κ3) is 5.12. The molecule has 9 heteroatoms. The normalized spacial score (nSPS) is 14.6. The average Bonchev–Trinajstić information content (AvgIpc) is 2.79. The zero-order chi connectivity index (χ0) is 24.1. The van der Waals surface area contributed by atoms with E-state index in [1.54, 1.807) is 30.3 Å². The smallest absolute Gasteiger partial charge is 0.432 e. The van der Waals surface area contributed by atoms with Crippen molar-refractivity contribution >= 4 is 28.6 Å². The summed E-state index contributed by atoms with van der Waals surface area (Å²) in [5.41, 5.74) is -2.55. The summed E-state index contributed by atoms with van der Waals surface area (Å²) in [7, 11) is 0.830. The van der Waals surface area contributed by atoms with Crippen LogP contribution in [0.2, 0.25) is 5.15 Å². The summed E-state index contributed by atoms with van der Waals surface area (Å²) >= 11 is 6.33. The number of para-hydroxylation sites is 2. The number of carbonyl (C=O) groups excluding carboxylic acids is 1. The molecule has 3 aromatic rings. The topological polar surface area (TPSA) is 61.3 Å². The third-order valence-corrected chi connectivity index (χ3v) is 5.63. The molecular formula is C24H24ClF3N2O3. The first kappa shape index (κ1) is 24.9. The van der Waals surface area contributed by atoms with Gasteiger partial charge in [0.1, 0.15) is 11.8 Å². The fourth-order valence-electron chi connectivity index (χ4n) is 3.63. The Balaban J connectivity index is 2.05. The Labute approximate surface area is 194 Å². The van der Waals surface area contributed by atoms with Gasteiger partial charge in [-0.1, -0.05) is 73.8 Å². The molecule has 0 saturated heterocycles. The van der Waals surface area contributed by atoms with Crippen molar-refractivity contribution in [1.29, 1.82) is 0 Å². The predicted molar refractivity (Wildman–Crippen MR) is 119 cm³/mol. The Hall–Kier alpha value is -2.71. The number of methoxy groups -OCH3 is 1. The van der Waals surface area contributed by atoms with Crippen molar-refractivity contribution in [2.75, 3.05) is 7.11 Å². The van der Waals surface area contributed by atoms with Crippen LogP contribution in [0.5, 0.6) is 0 Å². The second kappa shape index (κ2) is 10.5. The summed E-state index contributed by atoms with van der Waals surface area (Å²) in [5.74, 6) is -1.59. The maximum absolute atomic E-state index is 14.3. The van der Waals surface area contributed by atoms with Crippen molar-refractivity contribution in [2.24, 2.45) is 0 Å². The molecule has 0 saturated carbocycles. The number of halogens is 4. The van der Waals surface area contributed by atoms with Gasteiger partial charge in [-0.15, -0.1) is 0 Å². The van der Waals surface area contributed by atoms with Gasteiger partial charge >= 0.3 is 12.1 Å². The molecule has 0 amide bonds. The molecule has 0 bridgehead atoms. The number of unbranched alkanes of at least 4 members (excludes halogenated alkanes) is 2. The first-order valence-electron chi connectivity index (χ1n) is 10.5. The van der Waals surface area contributed by atoms with Crippen LogP contribution in [0.15, 0.2) is 54.6 Å². The van der Waals surface area contributed by atoms with Crippen LogP contribution in [0.3, 0.4) is 0 Å². The number of nitrogens with zero attached hydrogens (tertiary/aromatic N) is 2. The molecular weight excluding hydrogens is 457 g/mol. The van der Waals surface area contributed by atoms with E-state index in [4.69, 9.17) is 21.1 Å². The van der Waals surface area contributed by atoms with Crippen LogP contribution >= 0.6 is 11.6 Å². The van der Waals surface area contributed by atoms with E-state index in [1.807, 2.05) is 6.92 Å². The standard InChI is InChI=1S/C24H24ClF3N2O3/c1-3-4-6-15-19(20-21(25)30-18-14-10-9-13-17(18)29-20)33-22(31)23(32-2,24(26,27)28)16-11-7-5-8-12-16/h5,7-14,19H,3-4,6,15H2,1-2H3/t19-,23-/m0/s1. The number of alkyl halides is 3. The first-order chi connectivity index (χ1) is 15.7. The zero-order valence-corrected chi connectivity index (χ0v) is 19.0. The summed E-state index contributed by atoms with van der Waals surface area (Å²) < 4.78 is 53.2. The minimum Gasteiger partial charge on any atom is -0.453 e. The van der Waals surface area contributed by atoms with Gasteiger partial charge in [0, 0.05) is 12.7 Å². The van der Waals surface area contributed by atoms with Gasteiger partial charge in [0.2, 0.25) is 0 Å². The summed E-state index contributed by atoms with van der Waals surface area (Å²) in [6.45, 7) is 1.98. The van der Waals surface area contributed by atoms with Crippen molar-refractivity contribution in [1.82, 2.24) is 9.97 Å². The van der Waals surface area contributed by atoms with Crippen molar-refractivity contribution < 1.29 is 27.4 Å². The Morgan fingerprint density at radius 1 is 1.00 bits per heavy atom. The van der Waals surface area contributed by atoms with Gasteiger partial charge < -0.3 is 9.47 Å². The molecule has 176 valence electrons. The van der Waals surface area contributed by atoms with E-state index in [0.717, 1.165) is 20.0 Å². The van der Waals surface area contributed by atoms with Gasteiger partial charge in [0.05, 0.1) is 11.0 Å². The van der Waals surface area contributed by atoms with Crippen LogP contribution < -0.4 is 0 Å². The lowest BCUT2D eigenvalue weighted by molar-refractivity contribution is -0.278. The SMILES string of the molecule is CCCCC[C@H](OC(=O)[C@@](OC)(c1ccccc1)C(F)(F)F)c1nc2ccccc2nc1Cl. The van der Waals surface area contributed by atoms with Crippen LogP contribution in [0.4, 0.5) is 13.2 Å². The molecule has 2 atom stereocenters. The predicted octanol–water partition coefficient (Wildman–Crippen LogP) is 6.55. The van der Waals surface area contributed by atoms with Crippen LogP contribution in [0.1, 0.15) is 50.0 Å². The van der Waals surface area contributed by atoms with E-state index < -0.39 is 23.9 Å². The Bertz CT molecular complexity index is 1100. The summed E-state index contributed by atoms with van der Waals surface area (Å²) in [4.78, 5) is 21.9. The molecule has 0 fully saturated rings. The first-order valence-corrected chi connectivity index (χ1v) is 10.9. The van der Waals surface area contributed by atoms with Crippen molar-refractivity contribution in [3.8, 4) is 0 Å².